The predicted octanol–water partition coefficient (Wildman–Crippen LogP) is 3.93. The Bertz CT molecular complexity index is 366. The normalized spacial score (nSPS) is 16.8. The molecular weight excluding hydrogens is 272 g/mol. The highest BCUT2D eigenvalue weighted by Crippen LogP contribution is 2.42. The fourth-order valence-corrected chi connectivity index (χ4v) is 3.05. The standard InChI is InChI=1S/C12H15BrOS/c1-12(2,14)8-3-6-11(10(13)7-8)15-9-4-5-9/h3,6-7,9,14H,4-5H2,1-2H3. The van der Waals surface area contributed by atoms with Crippen molar-refractivity contribution in [2.24, 2.45) is 0 Å². The molecule has 0 atom stereocenters. The number of hydrogen-bond donors (Lipinski definition) is 1. The molecule has 3 heteroatoms. The van der Waals surface area contributed by atoms with E-state index in [0.29, 0.717) is 0 Å². The molecule has 2 rings (SSSR count). The Morgan fingerprint density at radius 3 is 2.53 bits per heavy atom. The van der Waals surface area contributed by atoms with Crippen LogP contribution in [0.1, 0.15) is 32.3 Å². The van der Waals surface area contributed by atoms with Gasteiger partial charge in [-0.2, -0.15) is 0 Å². The van der Waals surface area contributed by atoms with Crippen molar-refractivity contribution >= 4 is 27.7 Å². The summed E-state index contributed by atoms with van der Waals surface area (Å²) in [6, 6.07) is 6.13. The van der Waals surface area contributed by atoms with E-state index in [1.165, 1.54) is 17.7 Å². The van der Waals surface area contributed by atoms with E-state index < -0.39 is 5.60 Å². The molecule has 15 heavy (non-hydrogen) atoms. The number of benzene rings is 1. The van der Waals surface area contributed by atoms with Gasteiger partial charge in [0.15, 0.2) is 0 Å². The lowest BCUT2D eigenvalue weighted by molar-refractivity contribution is 0.0785. The summed E-state index contributed by atoms with van der Waals surface area (Å²) in [5.41, 5.74) is 0.195. The maximum atomic E-state index is 9.87. The van der Waals surface area contributed by atoms with Gasteiger partial charge in [-0.05, 0) is 60.3 Å². The van der Waals surface area contributed by atoms with Crippen LogP contribution in [0, 0.1) is 0 Å². The van der Waals surface area contributed by atoms with E-state index in [0.717, 1.165) is 15.3 Å². The summed E-state index contributed by atoms with van der Waals surface area (Å²) in [5, 5.41) is 10.7. The first kappa shape index (κ1) is 11.5. The quantitative estimate of drug-likeness (QED) is 0.909. The second kappa shape index (κ2) is 4.11. The number of hydrogen-bond acceptors (Lipinski definition) is 2. The number of aliphatic hydroxyl groups is 1. The fraction of sp³-hybridized carbons (Fsp3) is 0.500. The van der Waals surface area contributed by atoms with Crippen LogP contribution in [0.15, 0.2) is 27.6 Å². The monoisotopic (exact) mass is 286 g/mol. The van der Waals surface area contributed by atoms with Gasteiger partial charge in [-0.25, -0.2) is 0 Å². The van der Waals surface area contributed by atoms with Gasteiger partial charge in [0.25, 0.3) is 0 Å². The van der Waals surface area contributed by atoms with Crippen LogP contribution in [0.5, 0.6) is 0 Å². The van der Waals surface area contributed by atoms with Crippen molar-refractivity contribution in [3.63, 3.8) is 0 Å². The van der Waals surface area contributed by atoms with E-state index in [1.807, 2.05) is 37.7 Å². The summed E-state index contributed by atoms with van der Waals surface area (Å²) >= 11 is 5.49. The van der Waals surface area contributed by atoms with Gasteiger partial charge in [0, 0.05) is 14.6 Å². The van der Waals surface area contributed by atoms with Gasteiger partial charge in [0.2, 0.25) is 0 Å². The van der Waals surface area contributed by atoms with Gasteiger partial charge in [0.1, 0.15) is 0 Å². The third-order valence-corrected chi connectivity index (χ3v) is 4.79. The average molecular weight is 287 g/mol. The van der Waals surface area contributed by atoms with Crippen LogP contribution in [-0.4, -0.2) is 10.4 Å². The second-order valence-corrected chi connectivity index (χ2v) is 6.72. The highest BCUT2D eigenvalue weighted by molar-refractivity contribution is 9.10. The summed E-state index contributed by atoms with van der Waals surface area (Å²) in [6.45, 7) is 3.62. The van der Waals surface area contributed by atoms with Crippen molar-refractivity contribution < 1.29 is 5.11 Å². The van der Waals surface area contributed by atoms with E-state index in [9.17, 15) is 5.11 Å². The number of halogens is 1. The Labute approximate surface area is 103 Å². The van der Waals surface area contributed by atoms with Gasteiger partial charge in [0.05, 0.1) is 5.60 Å². The zero-order valence-electron chi connectivity index (χ0n) is 8.96. The summed E-state index contributed by atoms with van der Waals surface area (Å²) in [4.78, 5) is 1.28. The maximum Gasteiger partial charge on any atom is 0.0840 e. The molecule has 1 aromatic rings. The average Bonchev–Trinajstić information content (AvgIpc) is 2.90. The molecule has 1 saturated carbocycles. The van der Waals surface area contributed by atoms with Crippen LogP contribution in [0.3, 0.4) is 0 Å². The minimum Gasteiger partial charge on any atom is -0.386 e. The lowest BCUT2D eigenvalue weighted by Gasteiger charge is -2.18. The summed E-state index contributed by atoms with van der Waals surface area (Å²) in [6.07, 6.45) is 2.68. The second-order valence-electron chi connectivity index (χ2n) is 4.52. The van der Waals surface area contributed by atoms with Crippen molar-refractivity contribution in [3.8, 4) is 0 Å². The topological polar surface area (TPSA) is 20.2 Å². The zero-order chi connectivity index (χ0) is 11.1. The molecule has 0 amide bonds. The Hall–Kier alpha value is 0.01000. The summed E-state index contributed by atoms with van der Waals surface area (Å²) in [7, 11) is 0. The SMILES string of the molecule is CC(C)(O)c1ccc(SC2CC2)c(Br)c1. The Morgan fingerprint density at radius 1 is 1.40 bits per heavy atom. The molecule has 0 aliphatic heterocycles. The van der Waals surface area contributed by atoms with Crippen molar-refractivity contribution in [1.82, 2.24) is 0 Å². The first-order valence-electron chi connectivity index (χ1n) is 5.16. The first-order chi connectivity index (χ1) is 6.97. The fourth-order valence-electron chi connectivity index (χ4n) is 1.34. The van der Waals surface area contributed by atoms with Crippen molar-refractivity contribution in [1.29, 1.82) is 0 Å². The van der Waals surface area contributed by atoms with Crippen LogP contribution in [0.25, 0.3) is 0 Å². The van der Waals surface area contributed by atoms with E-state index in [1.54, 1.807) is 0 Å². The lowest BCUT2D eigenvalue weighted by Crippen LogP contribution is -2.15. The number of rotatable bonds is 3. The molecule has 1 aliphatic carbocycles. The minimum atomic E-state index is -0.759. The molecule has 1 aliphatic rings. The molecule has 0 spiro atoms. The molecule has 0 aromatic heterocycles. The summed E-state index contributed by atoms with van der Waals surface area (Å²) < 4.78 is 1.10. The van der Waals surface area contributed by atoms with Crippen molar-refractivity contribution in [2.45, 2.75) is 42.4 Å². The molecule has 0 radical (unpaired) electrons. The van der Waals surface area contributed by atoms with Gasteiger partial charge in [-0.15, -0.1) is 11.8 Å². The Kier molecular flexibility index (Phi) is 3.15. The van der Waals surface area contributed by atoms with Gasteiger partial charge < -0.3 is 5.11 Å². The molecule has 1 aromatic carbocycles. The van der Waals surface area contributed by atoms with Crippen molar-refractivity contribution in [3.05, 3.63) is 28.2 Å². The van der Waals surface area contributed by atoms with E-state index in [-0.39, 0.29) is 0 Å². The van der Waals surface area contributed by atoms with E-state index in [2.05, 4.69) is 22.0 Å². The van der Waals surface area contributed by atoms with Crippen LogP contribution < -0.4 is 0 Å². The molecule has 1 nitrogen and oxygen atoms in total. The molecule has 82 valence electrons. The van der Waals surface area contributed by atoms with E-state index >= 15 is 0 Å². The Balaban J connectivity index is 2.21. The molecular formula is C12H15BrOS. The smallest absolute Gasteiger partial charge is 0.0840 e. The van der Waals surface area contributed by atoms with Crippen LogP contribution in [0.2, 0.25) is 0 Å². The van der Waals surface area contributed by atoms with Gasteiger partial charge in [-0.1, -0.05) is 6.07 Å². The van der Waals surface area contributed by atoms with Gasteiger partial charge in [-0.3, -0.25) is 0 Å². The van der Waals surface area contributed by atoms with Crippen LogP contribution in [0.4, 0.5) is 0 Å². The lowest BCUT2D eigenvalue weighted by atomic mass is 9.99. The van der Waals surface area contributed by atoms with E-state index in [4.69, 9.17) is 0 Å². The summed E-state index contributed by atoms with van der Waals surface area (Å²) in [5.74, 6) is 0. The number of thioether (sulfide) groups is 1. The maximum absolute atomic E-state index is 9.87. The molecule has 0 saturated heterocycles. The molecule has 0 heterocycles. The third-order valence-electron chi connectivity index (χ3n) is 2.46. The first-order valence-corrected chi connectivity index (χ1v) is 6.83. The third kappa shape index (κ3) is 2.99. The van der Waals surface area contributed by atoms with Crippen LogP contribution >= 0.6 is 27.7 Å². The molecule has 0 unspecified atom stereocenters. The van der Waals surface area contributed by atoms with Crippen molar-refractivity contribution in [2.75, 3.05) is 0 Å². The van der Waals surface area contributed by atoms with Crippen LogP contribution in [-0.2, 0) is 5.60 Å². The Morgan fingerprint density at radius 2 is 2.07 bits per heavy atom. The molecule has 1 N–H and O–H groups in total. The largest absolute Gasteiger partial charge is 0.386 e. The predicted molar refractivity (Wildman–Crippen MR) is 68.3 cm³/mol. The highest BCUT2D eigenvalue weighted by atomic mass is 79.9. The zero-order valence-corrected chi connectivity index (χ0v) is 11.4. The van der Waals surface area contributed by atoms with Gasteiger partial charge >= 0.3 is 0 Å². The highest BCUT2D eigenvalue weighted by Gasteiger charge is 2.24. The minimum absolute atomic E-state index is 0.759. The molecule has 1 fully saturated rings. The molecule has 0 bridgehead atoms.